The Morgan fingerprint density at radius 1 is 0.844 bits per heavy atom. The summed E-state index contributed by atoms with van der Waals surface area (Å²) in [6, 6.07) is 0. The highest BCUT2D eigenvalue weighted by Crippen LogP contribution is 2.75. The van der Waals surface area contributed by atoms with Crippen LogP contribution in [0.25, 0.3) is 0 Å². The first-order chi connectivity index (χ1) is 14.6. The van der Waals surface area contributed by atoms with Crippen LogP contribution in [0, 0.1) is 50.2 Å². The molecule has 4 saturated carbocycles. The zero-order valence-corrected chi connectivity index (χ0v) is 22.1. The Kier molecular flexibility index (Phi) is 4.71. The van der Waals surface area contributed by atoms with E-state index in [1.54, 1.807) is 0 Å². The number of allylic oxidation sites excluding steroid dienone is 2. The Bertz CT molecular complexity index is 866. The van der Waals surface area contributed by atoms with Crippen LogP contribution >= 0.6 is 0 Å². The normalized spacial score (nSPS) is 53.9. The van der Waals surface area contributed by atoms with Gasteiger partial charge in [-0.2, -0.15) is 0 Å². The van der Waals surface area contributed by atoms with Crippen molar-refractivity contribution in [2.75, 3.05) is 0 Å². The molecule has 0 aromatic rings. The summed E-state index contributed by atoms with van der Waals surface area (Å²) in [5.74, 6) is 1.59. The highest BCUT2D eigenvalue weighted by atomic mass is 16.3. The van der Waals surface area contributed by atoms with Crippen molar-refractivity contribution in [1.82, 2.24) is 0 Å². The van der Waals surface area contributed by atoms with E-state index in [1.807, 2.05) is 0 Å². The average molecular weight is 441 g/mol. The Balaban J connectivity index is 1.63. The molecule has 0 spiro atoms. The first kappa shape index (κ1) is 23.1. The van der Waals surface area contributed by atoms with Gasteiger partial charge < -0.3 is 5.11 Å². The lowest BCUT2D eigenvalue weighted by atomic mass is 9.34. The summed E-state index contributed by atoms with van der Waals surface area (Å²) in [6.45, 7) is 19.4. The molecule has 0 radical (unpaired) electrons. The van der Waals surface area contributed by atoms with Crippen LogP contribution < -0.4 is 0 Å². The van der Waals surface area contributed by atoms with Crippen LogP contribution in [0.15, 0.2) is 11.6 Å². The Labute approximate surface area is 197 Å². The van der Waals surface area contributed by atoms with E-state index in [0.29, 0.717) is 28.4 Å². The highest BCUT2D eigenvalue weighted by Gasteiger charge is 2.69. The fraction of sp³-hybridized carbons (Fsp3) is 0.900. The van der Waals surface area contributed by atoms with Gasteiger partial charge in [0.05, 0.1) is 6.10 Å². The van der Waals surface area contributed by atoms with E-state index in [9.17, 15) is 9.90 Å². The number of aliphatic hydroxyl groups excluding tert-OH is 1. The van der Waals surface area contributed by atoms with Gasteiger partial charge in [-0.1, -0.05) is 61.0 Å². The van der Waals surface area contributed by atoms with E-state index in [4.69, 9.17) is 0 Å². The van der Waals surface area contributed by atoms with Gasteiger partial charge in [-0.05, 0) is 108 Å². The number of ketones is 1. The van der Waals surface area contributed by atoms with Crippen LogP contribution in [-0.2, 0) is 4.79 Å². The molecular formula is C30H48O2. The molecule has 2 nitrogen and oxygen atoms in total. The third-order valence-corrected chi connectivity index (χ3v) is 12.8. The number of rotatable bonds is 0. The number of aliphatic hydroxyl groups is 1. The fourth-order valence-electron chi connectivity index (χ4n) is 10.3. The summed E-state index contributed by atoms with van der Waals surface area (Å²) in [4.78, 5) is 14.2. The molecule has 1 unspecified atom stereocenters. The van der Waals surface area contributed by atoms with Gasteiger partial charge in [-0.15, -0.1) is 0 Å². The second kappa shape index (κ2) is 6.52. The van der Waals surface area contributed by atoms with Gasteiger partial charge in [0, 0.05) is 5.92 Å². The molecule has 4 fully saturated rings. The lowest BCUT2D eigenvalue weighted by Gasteiger charge is -2.70. The van der Waals surface area contributed by atoms with Gasteiger partial charge in [-0.3, -0.25) is 4.79 Å². The minimum Gasteiger partial charge on any atom is -0.393 e. The van der Waals surface area contributed by atoms with E-state index in [-0.39, 0.29) is 33.7 Å². The van der Waals surface area contributed by atoms with Crippen LogP contribution in [-0.4, -0.2) is 17.0 Å². The molecule has 0 aromatic heterocycles. The van der Waals surface area contributed by atoms with Crippen molar-refractivity contribution in [1.29, 1.82) is 0 Å². The first-order valence-electron chi connectivity index (χ1n) is 13.6. The highest BCUT2D eigenvalue weighted by molar-refractivity contribution is 5.95. The number of hydrogen-bond acceptors (Lipinski definition) is 2. The third kappa shape index (κ3) is 2.71. The van der Waals surface area contributed by atoms with Gasteiger partial charge in [0.1, 0.15) is 0 Å². The molecule has 180 valence electrons. The SMILES string of the molecule is CC1(C)CC[C@]2(C)CC[C@]3(C)[C@H](C(=O)C=C4[C@@]5(C)CCC(O)C(C)(C)[C@@H]5CC[C@]43C)[C@@H]2C1. The molecular weight excluding hydrogens is 392 g/mol. The minimum atomic E-state index is -0.229. The molecule has 0 aliphatic heterocycles. The van der Waals surface area contributed by atoms with E-state index in [2.05, 4.69) is 61.5 Å². The molecule has 2 heteroatoms. The van der Waals surface area contributed by atoms with Crippen LogP contribution in [0.1, 0.15) is 113 Å². The second-order valence-corrected chi connectivity index (χ2v) is 15.2. The number of hydrogen-bond donors (Lipinski definition) is 1. The Hall–Kier alpha value is -0.630. The summed E-state index contributed by atoms with van der Waals surface area (Å²) in [5.41, 5.74) is 2.23. The summed E-state index contributed by atoms with van der Waals surface area (Å²) < 4.78 is 0. The summed E-state index contributed by atoms with van der Waals surface area (Å²) >= 11 is 0. The third-order valence-electron chi connectivity index (χ3n) is 12.8. The van der Waals surface area contributed by atoms with Crippen LogP contribution in [0.5, 0.6) is 0 Å². The van der Waals surface area contributed by atoms with Crippen LogP contribution in [0.4, 0.5) is 0 Å². The van der Waals surface area contributed by atoms with Gasteiger partial charge in [-0.25, -0.2) is 0 Å². The van der Waals surface area contributed by atoms with Crippen LogP contribution in [0.2, 0.25) is 0 Å². The molecule has 0 amide bonds. The predicted molar refractivity (Wildman–Crippen MR) is 131 cm³/mol. The maximum absolute atomic E-state index is 14.2. The number of fused-ring (bicyclic) bond motifs is 7. The molecule has 0 aromatic carbocycles. The topological polar surface area (TPSA) is 37.3 Å². The molecule has 32 heavy (non-hydrogen) atoms. The Morgan fingerprint density at radius 2 is 1.50 bits per heavy atom. The van der Waals surface area contributed by atoms with Gasteiger partial charge in [0.2, 0.25) is 0 Å². The molecule has 5 rings (SSSR count). The Morgan fingerprint density at radius 3 is 2.19 bits per heavy atom. The molecule has 0 saturated heterocycles. The van der Waals surface area contributed by atoms with Crippen LogP contribution in [0.3, 0.4) is 0 Å². The monoisotopic (exact) mass is 440 g/mol. The maximum atomic E-state index is 14.2. The quantitative estimate of drug-likeness (QED) is 0.427. The molecule has 8 atom stereocenters. The smallest absolute Gasteiger partial charge is 0.159 e. The zero-order valence-electron chi connectivity index (χ0n) is 22.1. The van der Waals surface area contributed by atoms with Crippen molar-refractivity contribution < 1.29 is 9.90 Å². The van der Waals surface area contributed by atoms with Crippen molar-refractivity contribution in [2.24, 2.45) is 50.2 Å². The standard InChI is InChI=1S/C30H48O2/c1-25(2)13-14-27(5)15-16-30(8)24(19(27)18-25)20(31)17-22-28(6)11-10-23(32)26(3,4)21(28)9-12-29(22,30)7/h17,19,21,23-24,32H,9-16,18H2,1-8H3/t19-,21-,23?,24-,27+,28-,29+,30+/m0/s1. The lowest BCUT2D eigenvalue weighted by Crippen LogP contribution is -2.65. The van der Waals surface area contributed by atoms with E-state index < -0.39 is 0 Å². The molecule has 5 aliphatic carbocycles. The van der Waals surface area contributed by atoms with Crippen molar-refractivity contribution in [3.05, 3.63) is 11.6 Å². The van der Waals surface area contributed by atoms with Crippen molar-refractivity contribution in [2.45, 2.75) is 119 Å². The number of carbonyl (C=O) groups is 1. The minimum absolute atomic E-state index is 0.0337. The summed E-state index contributed by atoms with van der Waals surface area (Å²) in [5, 5.41) is 10.9. The van der Waals surface area contributed by atoms with Crippen molar-refractivity contribution >= 4 is 5.78 Å². The first-order valence-corrected chi connectivity index (χ1v) is 13.6. The summed E-state index contributed by atoms with van der Waals surface area (Å²) in [6.07, 6.45) is 12.4. The second-order valence-electron chi connectivity index (χ2n) is 15.2. The molecule has 0 heterocycles. The van der Waals surface area contributed by atoms with E-state index >= 15 is 0 Å². The largest absolute Gasteiger partial charge is 0.393 e. The van der Waals surface area contributed by atoms with E-state index in [1.165, 1.54) is 50.5 Å². The zero-order chi connectivity index (χ0) is 23.5. The number of carbonyl (C=O) groups excluding carboxylic acids is 1. The summed E-state index contributed by atoms with van der Waals surface area (Å²) in [7, 11) is 0. The predicted octanol–water partition coefficient (Wildman–Crippen LogP) is 7.35. The lowest BCUT2D eigenvalue weighted by molar-refractivity contribution is -0.177. The fourth-order valence-corrected chi connectivity index (χ4v) is 10.3. The molecule has 1 N–H and O–H groups in total. The average Bonchev–Trinajstić information content (AvgIpc) is 2.68. The van der Waals surface area contributed by atoms with Gasteiger partial charge >= 0.3 is 0 Å². The molecule has 0 bridgehead atoms. The van der Waals surface area contributed by atoms with E-state index in [0.717, 1.165) is 12.8 Å². The van der Waals surface area contributed by atoms with Crippen molar-refractivity contribution in [3.8, 4) is 0 Å². The van der Waals surface area contributed by atoms with Gasteiger partial charge in [0.25, 0.3) is 0 Å². The van der Waals surface area contributed by atoms with Crippen molar-refractivity contribution in [3.63, 3.8) is 0 Å². The molecule has 5 aliphatic rings. The maximum Gasteiger partial charge on any atom is 0.159 e. The van der Waals surface area contributed by atoms with Gasteiger partial charge in [0.15, 0.2) is 5.78 Å².